The van der Waals surface area contributed by atoms with E-state index in [1.807, 2.05) is 44.3 Å². The number of aromatic amines is 1. The van der Waals surface area contributed by atoms with Gasteiger partial charge in [-0.1, -0.05) is 48.6 Å². The van der Waals surface area contributed by atoms with Gasteiger partial charge in [-0.05, 0) is 49.9 Å². The van der Waals surface area contributed by atoms with Gasteiger partial charge < -0.3 is 10.7 Å². The van der Waals surface area contributed by atoms with Crippen molar-refractivity contribution in [2.75, 3.05) is 0 Å². The molecule has 0 saturated heterocycles. The number of hydrogen-bond acceptors (Lipinski definition) is 2. The normalized spacial score (nSPS) is 9.90. The van der Waals surface area contributed by atoms with Gasteiger partial charge >= 0.3 is 0 Å². The van der Waals surface area contributed by atoms with Crippen LogP contribution in [0.1, 0.15) is 30.2 Å². The number of terminal acetylenes is 1. The van der Waals surface area contributed by atoms with Crippen LogP contribution in [0.3, 0.4) is 0 Å². The highest BCUT2D eigenvalue weighted by atomic mass is 19.1. The Morgan fingerprint density at radius 2 is 1.60 bits per heavy atom. The Labute approximate surface area is 178 Å². The molecule has 0 saturated carbocycles. The van der Waals surface area contributed by atoms with Gasteiger partial charge in [-0.3, -0.25) is 5.41 Å². The number of amidine groups is 1. The molecule has 0 atom stereocenters. The molecule has 0 aliphatic heterocycles. The molecule has 0 spiro atoms. The fourth-order valence-electron chi connectivity index (χ4n) is 2.57. The maximum absolute atomic E-state index is 12.8. The molecule has 4 nitrogen and oxygen atoms in total. The van der Waals surface area contributed by atoms with E-state index in [4.69, 9.17) is 11.1 Å². The highest BCUT2D eigenvalue weighted by Gasteiger charge is 2.02. The molecular weight excluding hydrogens is 375 g/mol. The Morgan fingerprint density at radius 3 is 2.00 bits per heavy atom. The third kappa shape index (κ3) is 9.03. The Kier molecular flexibility index (Phi) is 11.0. The van der Waals surface area contributed by atoms with Gasteiger partial charge in [0.25, 0.3) is 0 Å². The van der Waals surface area contributed by atoms with Crippen molar-refractivity contribution in [3.63, 3.8) is 0 Å². The van der Waals surface area contributed by atoms with Gasteiger partial charge in [-0.25, -0.2) is 9.37 Å². The number of aromatic nitrogens is 2. The Hall–Kier alpha value is -3.65. The maximum Gasteiger partial charge on any atom is 0.137 e. The first-order chi connectivity index (χ1) is 14.5. The summed E-state index contributed by atoms with van der Waals surface area (Å²) >= 11 is 0. The Bertz CT molecular complexity index is 935. The second kappa shape index (κ2) is 13.5. The molecule has 0 radical (unpaired) electrons. The molecule has 0 unspecified atom stereocenters. The highest BCUT2D eigenvalue weighted by molar-refractivity contribution is 5.78. The Balaban J connectivity index is 0.000000428. The predicted molar refractivity (Wildman–Crippen MR) is 124 cm³/mol. The molecule has 5 heteroatoms. The second-order valence-electron chi connectivity index (χ2n) is 6.54. The maximum atomic E-state index is 12.8. The van der Waals surface area contributed by atoms with Crippen molar-refractivity contribution in [2.24, 2.45) is 5.73 Å². The van der Waals surface area contributed by atoms with Crippen LogP contribution in [0.2, 0.25) is 0 Å². The number of imidazole rings is 1. The number of nitrogens with one attached hydrogen (secondary N) is 2. The molecule has 1 aromatic heterocycles. The molecule has 1 heterocycles. The zero-order valence-corrected chi connectivity index (χ0v) is 17.5. The number of benzene rings is 2. The third-order valence-corrected chi connectivity index (χ3v) is 4.12. The van der Waals surface area contributed by atoms with Crippen molar-refractivity contribution in [3.05, 3.63) is 89.5 Å². The summed E-state index contributed by atoms with van der Waals surface area (Å²) in [4.78, 5) is 7.55. The molecule has 0 amide bonds. The fourth-order valence-corrected chi connectivity index (χ4v) is 2.57. The summed E-state index contributed by atoms with van der Waals surface area (Å²) in [5.74, 6) is 0.938. The number of hydrogen-bond donors (Lipinski definition) is 3. The smallest absolute Gasteiger partial charge is 0.137 e. The third-order valence-electron chi connectivity index (χ3n) is 4.12. The second-order valence-corrected chi connectivity index (χ2v) is 6.54. The van der Waals surface area contributed by atoms with E-state index in [1.54, 1.807) is 0 Å². The van der Waals surface area contributed by atoms with Crippen molar-refractivity contribution >= 4 is 5.84 Å². The molecule has 4 N–H and O–H groups in total. The summed E-state index contributed by atoms with van der Waals surface area (Å²) in [6, 6.07) is 15.1. The van der Waals surface area contributed by atoms with Gasteiger partial charge in [0, 0.05) is 23.9 Å². The summed E-state index contributed by atoms with van der Waals surface area (Å²) in [6.45, 7) is 3.90. The van der Waals surface area contributed by atoms with Crippen LogP contribution < -0.4 is 5.73 Å². The summed E-state index contributed by atoms with van der Waals surface area (Å²) < 4.78 is 12.8. The average molecular weight is 405 g/mol. The lowest BCUT2D eigenvalue weighted by atomic mass is 10.0. The zero-order chi connectivity index (χ0) is 22.4. The van der Waals surface area contributed by atoms with Crippen LogP contribution in [0, 0.1) is 31.0 Å². The minimum atomic E-state index is -0.183. The van der Waals surface area contributed by atoms with E-state index >= 15 is 0 Å². The highest BCUT2D eigenvalue weighted by Crippen LogP contribution is 2.17. The van der Waals surface area contributed by atoms with Gasteiger partial charge in [0.05, 0.1) is 5.84 Å². The van der Waals surface area contributed by atoms with Gasteiger partial charge in [-0.2, -0.15) is 0 Å². The molecule has 0 bridgehead atoms. The largest absolute Gasteiger partial charge is 0.387 e. The molecule has 2 aromatic carbocycles. The van der Waals surface area contributed by atoms with Crippen molar-refractivity contribution < 1.29 is 4.39 Å². The van der Waals surface area contributed by atoms with E-state index < -0.39 is 0 Å². The number of rotatable bonds is 6. The number of allylic oxidation sites excluding steroid dienone is 1. The number of aryl methyl sites for hydroxylation is 3. The molecule has 30 heavy (non-hydrogen) atoms. The molecule has 0 fully saturated rings. The van der Waals surface area contributed by atoms with Crippen molar-refractivity contribution in [2.45, 2.75) is 33.1 Å². The number of H-pyrrole nitrogens is 1. The van der Waals surface area contributed by atoms with Crippen LogP contribution in [-0.2, 0) is 12.8 Å². The van der Waals surface area contributed by atoms with E-state index in [-0.39, 0.29) is 11.7 Å². The summed E-state index contributed by atoms with van der Waals surface area (Å²) in [5.41, 5.74) is 9.59. The predicted octanol–water partition coefficient (Wildman–Crippen LogP) is 5.45. The van der Waals surface area contributed by atoms with E-state index in [2.05, 4.69) is 47.1 Å². The van der Waals surface area contributed by atoms with Gasteiger partial charge in [0.1, 0.15) is 11.6 Å². The van der Waals surface area contributed by atoms with Gasteiger partial charge in [0.2, 0.25) is 0 Å². The van der Waals surface area contributed by atoms with Crippen LogP contribution in [0.15, 0.2) is 66.9 Å². The molecule has 3 aromatic rings. The van der Waals surface area contributed by atoms with Crippen LogP contribution in [-0.4, -0.2) is 15.8 Å². The lowest BCUT2D eigenvalue weighted by Gasteiger charge is -2.04. The SMILES string of the molecule is C#C.C/C=C\CC(=N)N.Cc1cnc(-c2ccc(CCc3ccc(F)cc3)cc2)[nH]1. The minimum absolute atomic E-state index is 0.183. The molecule has 3 rings (SSSR count). The minimum Gasteiger partial charge on any atom is -0.387 e. The van der Waals surface area contributed by atoms with Gasteiger partial charge in [-0.15, -0.1) is 12.8 Å². The number of halogens is 1. The van der Waals surface area contributed by atoms with Crippen molar-refractivity contribution in [1.82, 2.24) is 9.97 Å². The molecule has 0 aliphatic rings. The van der Waals surface area contributed by atoms with E-state index in [0.717, 1.165) is 35.5 Å². The summed E-state index contributed by atoms with van der Waals surface area (Å²) in [5, 5.41) is 6.72. The van der Waals surface area contributed by atoms with Gasteiger partial charge in [0.15, 0.2) is 0 Å². The average Bonchev–Trinajstić information content (AvgIpc) is 3.20. The summed E-state index contributed by atoms with van der Waals surface area (Å²) in [7, 11) is 0. The molecular formula is C25H29FN4. The first-order valence-corrected chi connectivity index (χ1v) is 9.60. The first kappa shape index (κ1) is 24.4. The van der Waals surface area contributed by atoms with E-state index in [0.29, 0.717) is 6.42 Å². The van der Waals surface area contributed by atoms with Crippen LogP contribution in [0.25, 0.3) is 11.4 Å². The van der Waals surface area contributed by atoms with E-state index in [1.165, 1.54) is 17.7 Å². The van der Waals surface area contributed by atoms with Crippen LogP contribution >= 0.6 is 0 Å². The quantitative estimate of drug-likeness (QED) is 0.221. The topological polar surface area (TPSA) is 78.6 Å². The Morgan fingerprint density at radius 1 is 1.07 bits per heavy atom. The fraction of sp³-hybridized carbons (Fsp3) is 0.200. The lowest BCUT2D eigenvalue weighted by Crippen LogP contribution is -2.06. The van der Waals surface area contributed by atoms with E-state index in [9.17, 15) is 4.39 Å². The zero-order valence-electron chi connectivity index (χ0n) is 17.5. The standard InChI is InChI=1S/C18H17FN2.C5H10N2.C2H2/c1-13-12-20-18(21-13)16-8-4-14(5-9-16)2-3-15-6-10-17(19)11-7-15;1-2-3-4-5(6)7;1-2/h4-12H,2-3H2,1H3,(H,20,21);2-3H,4H2,1H3,(H3,6,7);1-2H/b;3-2-;. The monoisotopic (exact) mass is 404 g/mol. The number of nitrogens with zero attached hydrogens (tertiary/aromatic N) is 1. The van der Waals surface area contributed by atoms with Crippen molar-refractivity contribution in [3.8, 4) is 24.2 Å². The summed E-state index contributed by atoms with van der Waals surface area (Å²) in [6.07, 6.45) is 16.0. The first-order valence-electron chi connectivity index (χ1n) is 9.60. The lowest BCUT2D eigenvalue weighted by molar-refractivity contribution is 0.627. The number of nitrogens with two attached hydrogens (primary N) is 1. The van der Waals surface area contributed by atoms with Crippen LogP contribution in [0.4, 0.5) is 4.39 Å². The molecule has 0 aliphatic carbocycles. The molecule has 156 valence electrons. The van der Waals surface area contributed by atoms with Crippen LogP contribution in [0.5, 0.6) is 0 Å². The van der Waals surface area contributed by atoms with Crippen molar-refractivity contribution in [1.29, 1.82) is 5.41 Å².